The van der Waals surface area contributed by atoms with Crippen LogP contribution in [0.25, 0.3) is 21.7 Å². The molecule has 0 unspecified atom stereocenters. The third kappa shape index (κ3) is 1.28. The van der Waals surface area contributed by atoms with Crippen molar-refractivity contribution in [1.29, 1.82) is 0 Å². The fraction of sp³-hybridized carbons (Fsp3) is 0.133. The number of aryl methyl sites for hydroxylation is 1. The van der Waals surface area contributed by atoms with Crippen molar-refractivity contribution in [3.63, 3.8) is 0 Å². The summed E-state index contributed by atoms with van der Waals surface area (Å²) in [5.74, 6) is 0. The van der Waals surface area contributed by atoms with Gasteiger partial charge in [-0.15, -0.1) is 0 Å². The van der Waals surface area contributed by atoms with E-state index < -0.39 is 0 Å². The van der Waals surface area contributed by atoms with Gasteiger partial charge in [-0.3, -0.25) is 4.98 Å². The minimum absolute atomic E-state index is 1.05. The molecule has 1 heteroatoms. The summed E-state index contributed by atoms with van der Waals surface area (Å²) in [7, 11) is 0. The lowest BCUT2D eigenvalue weighted by Crippen LogP contribution is -1.87. The van der Waals surface area contributed by atoms with Crippen LogP contribution in [0.5, 0.6) is 0 Å². The lowest BCUT2D eigenvalue weighted by atomic mass is 10.0. The molecule has 0 aliphatic rings. The Kier molecular flexibility index (Phi) is 2.10. The SMILES string of the molecule is CCc1ccnc2c1ccc1ccccc12. The Morgan fingerprint density at radius 3 is 2.69 bits per heavy atom. The van der Waals surface area contributed by atoms with E-state index in [0.717, 1.165) is 11.9 Å². The van der Waals surface area contributed by atoms with Gasteiger partial charge in [-0.1, -0.05) is 43.3 Å². The lowest BCUT2D eigenvalue weighted by Gasteiger charge is -2.06. The highest BCUT2D eigenvalue weighted by molar-refractivity contribution is 6.05. The van der Waals surface area contributed by atoms with Crippen molar-refractivity contribution in [2.24, 2.45) is 0 Å². The van der Waals surface area contributed by atoms with Crippen LogP contribution in [0, 0.1) is 0 Å². The van der Waals surface area contributed by atoms with E-state index in [9.17, 15) is 0 Å². The van der Waals surface area contributed by atoms with Crippen molar-refractivity contribution >= 4 is 21.7 Å². The van der Waals surface area contributed by atoms with E-state index in [-0.39, 0.29) is 0 Å². The van der Waals surface area contributed by atoms with Gasteiger partial charge in [0.25, 0.3) is 0 Å². The van der Waals surface area contributed by atoms with E-state index >= 15 is 0 Å². The molecule has 1 nitrogen and oxygen atoms in total. The maximum Gasteiger partial charge on any atom is 0.0783 e. The molecule has 0 saturated heterocycles. The molecule has 0 radical (unpaired) electrons. The zero-order valence-corrected chi connectivity index (χ0v) is 9.27. The van der Waals surface area contributed by atoms with E-state index in [1.807, 2.05) is 6.20 Å². The van der Waals surface area contributed by atoms with Gasteiger partial charge in [-0.2, -0.15) is 0 Å². The van der Waals surface area contributed by atoms with Crippen molar-refractivity contribution in [2.45, 2.75) is 13.3 Å². The van der Waals surface area contributed by atoms with Gasteiger partial charge in [-0.05, 0) is 23.4 Å². The molecule has 1 aromatic heterocycles. The van der Waals surface area contributed by atoms with E-state index in [0.29, 0.717) is 0 Å². The summed E-state index contributed by atoms with van der Waals surface area (Å²) in [6, 6.07) is 14.9. The van der Waals surface area contributed by atoms with E-state index in [2.05, 4.69) is 54.4 Å². The molecule has 3 aromatic rings. The Morgan fingerprint density at radius 2 is 1.81 bits per heavy atom. The van der Waals surface area contributed by atoms with Crippen LogP contribution in [-0.4, -0.2) is 4.98 Å². The van der Waals surface area contributed by atoms with Gasteiger partial charge in [0.05, 0.1) is 5.52 Å². The normalized spacial score (nSPS) is 11.1. The summed E-state index contributed by atoms with van der Waals surface area (Å²) in [4.78, 5) is 4.52. The molecule has 78 valence electrons. The third-order valence-corrected chi connectivity index (χ3v) is 3.11. The number of nitrogens with zero attached hydrogens (tertiary/aromatic N) is 1. The highest BCUT2D eigenvalue weighted by Crippen LogP contribution is 2.25. The second-order valence-corrected chi connectivity index (χ2v) is 4.01. The van der Waals surface area contributed by atoms with Crippen molar-refractivity contribution in [2.75, 3.05) is 0 Å². The van der Waals surface area contributed by atoms with Crippen LogP contribution in [0.15, 0.2) is 48.7 Å². The molecule has 1 heterocycles. The van der Waals surface area contributed by atoms with Gasteiger partial charge < -0.3 is 0 Å². The number of benzene rings is 2. The van der Waals surface area contributed by atoms with Crippen LogP contribution < -0.4 is 0 Å². The number of pyridine rings is 1. The number of aromatic nitrogens is 1. The largest absolute Gasteiger partial charge is 0.256 e. The highest BCUT2D eigenvalue weighted by atomic mass is 14.6. The Morgan fingerprint density at radius 1 is 0.938 bits per heavy atom. The molecule has 0 fully saturated rings. The molecule has 16 heavy (non-hydrogen) atoms. The van der Waals surface area contributed by atoms with Crippen LogP contribution >= 0.6 is 0 Å². The second kappa shape index (κ2) is 3.60. The maximum atomic E-state index is 4.52. The monoisotopic (exact) mass is 207 g/mol. The quantitative estimate of drug-likeness (QED) is 0.550. The Balaban J connectivity index is 2.52. The predicted molar refractivity (Wildman–Crippen MR) is 68.6 cm³/mol. The average Bonchev–Trinajstić information content (AvgIpc) is 2.37. The molecule has 0 saturated carbocycles. The smallest absolute Gasteiger partial charge is 0.0783 e. The molecule has 0 aliphatic carbocycles. The van der Waals surface area contributed by atoms with Gasteiger partial charge in [0, 0.05) is 17.0 Å². The molecule has 3 rings (SSSR count). The first-order chi connectivity index (χ1) is 7.90. The summed E-state index contributed by atoms with van der Waals surface area (Å²) < 4.78 is 0. The Bertz CT molecular complexity index is 656. The summed E-state index contributed by atoms with van der Waals surface area (Å²) >= 11 is 0. The summed E-state index contributed by atoms with van der Waals surface area (Å²) in [5, 5.41) is 3.79. The minimum atomic E-state index is 1.05. The van der Waals surface area contributed by atoms with E-state index in [1.165, 1.54) is 21.7 Å². The predicted octanol–water partition coefficient (Wildman–Crippen LogP) is 3.95. The van der Waals surface area contributed by atoms with E-state index in [1.54, 1.807) is 0 Å². The molecule has 0 N–H and O–H groups in total. The van der Waals surface area contributed by atoms with Gasteiger partial charge in [-0.25, -0.2) is 0 Å². The van der Waals surface area contributed by atoms with Crippen molar-refractivity contribution in [3.05, 3.63) is 54.2 Å². The van der Waals surface area contributed by atoms with Gasteiger partial charge >= 0.3 is 0 Å². The number of rotatable bonds is 1. The third-order valence-electron chi connectivity index (χ3n) is 3.11. The zero-order valence-electron chi connectivity index (χ0n) is 9.27. The van der Waals surface area contributed by atoms with Crippen LogP contribution in [0.2, 0.25) is 0 Å². The molecular formula is C15H13N. The number of fused-ring (bicyclic) bond motifs is 3. The van der Waals surface area contributed by atoms with Crippen molar-refractivity contribution < 1.29 is 0 Å². The van der Waals surface area contributed by atoms with Gasteiger partial charge in [0.1, 0.15) is 0 Å². The van der Waals surface area contributed by atoms with Crippen LogP contribution in [0.3, 0.4) is 0 Å². The number of hydrogen-bond donors (Lipinski definition) is 0. The lowest BCUT2D eigenvalue weighted by molar-refractivity contribution is 1.15. The fourth-order valence-corrected chi connectivity index (χ4v) is 2.25. The maximum absolute atomic E-state index is 4.52. The molecule has 0 spiro atoms. The molecule has 0 amide bonds. The standard InChI is InChI=1S/C15H13N/c1-2-11-9-10-16-15-13-6-4-3-5-12(13)7-8-14(11)15/h3-10H,2H2,1H3. The van der Waals surface area contributed by atoms with Crippen LogP contribution in [-0.2, 0) is 6.42 Å². The first-order valence-corrected chi connectivity index (χ1v) is 5.65. The molecular weight excluding hydrogens is 194 g/mol. The van der Waals surface area contributed by atoms with E-state index in [4.69, 9.17) is 0 Å². The minimum Gasteiger partial charge on any atom is -0.256 e. The van der Waals surface area contributed by atoms with Crippen molar-refractivity contribution in [1.82, 2.24) is 4.98 Å². The van der Waals surface area contributed by atoms with Gasteiger partial charge in [0.2, 0.25) is 0 Å². The highest BCUT2D eigenvalue weighted by Gasteiger charge is 2.03. The Hall–Kier alpha value is -1.89. The Labute approximate surface area is 94.7 Å². The van der Waals surface area contributed by atoms with Gasteiger partial charge in [0.15, 0.2) is 0 Å². The summed E-state index contributed by atoms with van der Waals surface area (Å²) in [5.41, 5.74) is 2.49. The first kappa shape index (κ1) is 9.34. The number of hydrogen-bond acceptors (Lipinski definition) is 1. The average molecular weight is 207 g/mol. The fourth-order valence-electron chi connectivity index (χ4n) is 2.25. The topological polar surface area (TPSA) is 12.9 Å². The van der Waals surface area contributed by atoms with Crippen LogP contribution in [0.1, 0.15) is 12.5 Å². The molecule has 2 aromatic carbocycles. The van der Waals surface area contributed by atoms with Crippen molar-refractivity contribution in [3.8, 4) is 0 Å². The second-order valence-electron chi connectivity index (χ2n) is 4.01. The molecule has 0 bridgehead atoms. The zero-order chi connectivity index (χ0) is 11.0. The van der Waals surface area contributed by atoms with Crippen LogP contribution in [0.4, 0.5) is 0 Å². The summed E-state index contributed by atoms with van der Waals surface area (Å²) in [6.45, 7) is 2.18. The first-order valence-electron chi connectivity index (χ1n) is 5.65. The molecule has 0 aliphatic heterocycles. The summed E-state index contributed by atoms with van der Waals surface area (Å²) in [6.07, 6.45) is 2.96. The molecule has 0 atom stereocenters.